The average Bonchev–Trinajstić information content (AvgIpc) is 1.99. The Bertz CT molecular complexity index is 231. The number of halogens is 1. The minimum Gasteiger partial charge on any atom is -0.390 e. The standard InChI is InChI=1S/C6H5IN2/c7-6-5(8)3-1-2-4-9-6/h1-2,4H,8H2. The van der Waals surface area contributed by atoms with Crippen LogP contribution in [-0.2, 0) is 0 Å². The van der Waals surface area contributed by atoms with Crippen molar-refractivity contribution in [3.8, 4) is 0 Å². The highest BCUT2D eigenvalue weighted by Crippen LogP contribution is 2.01. The first kappa shape index (κ1) is 6.58. The molecule has 0 saturated heterocycles. The second-order valence-electron chi connectivity index (χ2n) is 1.49. The van der Waals surface area contributed by atoms with E-state index < -0.39 is 0 Å². The maximum absolute atomic E-state index is 5.47. The van der Waals surface area contributed by atoms with E-state index in [9.17, 15) is 0 Å². The van der Waals surface area contributed by atoms with Gasteiger partial charge in [-0.05, 0) is 34.7 Å². The zero-order valence-corrected chi connectivity index (χ0v) is 6.79. The van der Waals surface area contributed by atoms with Gasteiger partial charge < -0.3 is 5.73 Å². The van der Waals surface area contributed by atoms with Crippen molar-refractivity contribution in [3.63, 3.8) is 0 Å². The second-order valence-corrected chi connectivity index (χ2v) is 2.51. The highest BCUT2D eigenvalue weighted by atomic mass is 127. The number of nitrogens with zero attached hydrogens (tertiary/aromatic N) is 1. The number of hydrogen-bond donors (Lipinski definition) is 1. The third-order valence-corrected chi connectivity index (χ3v) is 1.69. The van der Waals surface area contributed by atoms with Crippen LogP contribution in [0.5, 0.6) is 0 Å². The smallest absolute Gasteiger partial charge is 0.132 e. The van der Waals surface area contributed by atoms with Crippen LogP contribution in [0.2, 0.25) is 0 Å². The maximum Gasteiger partial charge on any atom is 0.132 e. The summed E-state index contributed by atoms with van der Waals surface area (Å²) in [4.78, 5) is 3.97. The summed E-state index contributed by atoms with van der Waals surface area (Å²) in [5, 5.41) is 0. The predicted octanol–water partition coefficient (Wildman–Crippen LogP) is 1.34. The Morgan fingerprint density at radius 2 is 2.44 bits per heavy atom. The number of allylic oxidation sites excluding steroid dienone is 2. The topological polar surface area (TPSA) is 38.4 Å². The molecule has 0 radical (unpaired) electrons. The third-order valence-electron chi connectivity index (χ3n) is 0.831. The minimum absolute atomic E-state index is 0.598. The summed E-state index contributed by atoms with van der Waals surface area (Å²) in [7, 11) is 0. The van der Waals surface area contributed by atoms with Gasteiger partial charge in [-0.2, -0.15) is 0 Å². The van der Waals surface area contributed by atoms with Crippen LogP contribution >= 0.6 is 22.6 Å². The third kappa shape index (κ3) is 1.69. The van der Waals surface area contributed by atoms with Gasteiger partial charge in [0.05, 0.1) is 0 Å². The molecule has 9 heavy (non-hydrogen) atoms. The Hall–Kier alpha value is -0.540. The van der Waals surface area contributed by atoms with E-state index in [0.717, 1.165) is 3.72 Å². The molecule has 3 heteroatoms. The Morgan fingerprint density at radius 1 is 1.67 bits per heavy atom. The SMILES string of the molecule is NC1=C=CC=CN=C1I. The molecule has 1 aliphatic rings. The number of rotatable bonds is 0. The summed E-state index contributed by atoms with van der Waals surface area (Å²) < 4.78 is 0.789. The van der Waals surface area contributed by atoms with Crippen LogP contribution in [0.25, 0.3) is 0 Å². The molecule has 2 N–H and O–H groups in total. The fourth-order valence-corrected chi connectivity index (χ4v) is 0.735. The maximum atomic E-state index is 5.47. The molecular formula is C6H5IN2. The van der Waals surface area contributed by atoms with Crippen molar-refractivity contribution in [3.05, 3.63) is 29.8 Å². The molecule has 0 unspecified atom stereocenters. The van der Waals surface area contributed by atoms with Crippen LogP contribution in [0.15, 0.2) is 34.8 Å². The molecule has 2 nitrogen and oxygen atoms in total. The van der Waals surface area contributed by atoms with Gasteiger partial charge in [-0.15, -0.1) is 0 Å². The monoisotopic (exact) mass is 232 g/mol. The van der Waals surface area contributed by atoms with E-state index in [-0.39, 0.29) is 0 Å². The first-order valence-electron chi connectivity index (χ1n) is 2.41. The fraction of sp³-hybridized carbons (Fsp3) is 0. The van der Waals surface area contributed by atoms with E-state index in [1.54, 1.807) is 18.4 Å². The molecule has 1 aliphatic heterocycles. The minimum atomic E-state index is 0.598. The molecule has 0 aliphatic carbocycles. The number of nitrogens with two attached hydrogens (primary N) is 1. The summed E-state index contributed by atoms with van der Waals surface area (Å²) in [6.07, 6.45) is 5.22. The van der Waals surface area contributed by atoms with Gasteiger partial charge in [0.2, 0.25) is 0 Å². The van der Waals surface area contributed by atoms with Gasteiger partial charge in [-0.25, -0.2) is 4.99 Å². The first-order chi connectivity index (χ1) is 4.30. The van der Waals surface area contributed by atoms with Gasteiger partial charge >= 0.3 is 0 Å². The largest absolute Gasteiger partial charge is 0.390 e. The van der Waals surface area contributed by atoms with Crippen molar-refractivity contribution in [1.82, 2.24) is 0 Å². The summed E-state index contributed by atoms with van der Waals surface area (Å²) in [5.41, 5.74) is 8.91. The van der Waals surface area contributed by atoms with Crippen LogP contribution in [0.3, 0.4) is 0 Å². The molecule has 0 fully saturated rings. The van der Waals surface area contributed by atoms with Crippen LogP contribution in [-0.4, -0.2) is 3.72 Å². The van der Waals surface area contributed by atoms with E-state index >= 15 is 0 Å². The van der Waals surface area contributed by atoms with Gasteiger partial charge in [0.25, 0.3) is 0 Å². The van der Waals surface area contributed by atoms with Gasteiger partial charge in [0.15, 0.2) is 0 Å². The normalized spacial score (nSPS) is 16.6. The van der Waals surface area contributed by atoms with Crippen LogP contribution in [0, 0.1) is 0 Å². The van der Waals surface area contributed by atoms with Gasteiger partial charge in [-0.3, -0.25) is 0 Å². The Balaban J connectivity index is 3.06. The Kier molecular flexibility index (Phi) is 2.08. The molecule has 0 aromatic rings. The average molecular weight is 232 g/mol. The van der Waals surface area contributed by atoms with Crippen LogP contribution in [0.4, 0.5) is 0 Å². The zero-order valence-electron chi connectivity index (χ0n) is 4.63. The van der Waals surface area contributed by atoms with E-state index in [1.807, 2.05) is 0 Å². The Labute approximate surface area is 67.0 Å². The molecule has 46 valence electrons. The van der Waals surface area contributed by atoms with Crippen molar-refractivity contribution in [2.45, 2.75) is 0 Å². The molecule has 0 atom stereocenters. The second kappa shape index (κ2) is 2.85. The van der Waals surface area contributed by atoms with Crippen LogP contribution in [0.1, 0.15) is 0 Å². The van der Waals surface area contributed by atoms with Gasteiger partial charge in [0.1, 0.15) is 9.42 Å². The Morgan fingerprint density at radius 3 is 3.22 bits per heavy atom. The van der Waals surface area contributed by atoms with Crippen molar-refractivity contribution in [2.24, 2.45) is 10.7 Å². The molecule has 0 aromatic heterocycles. The van der Waals surface area contributed by atoms with Crippen LogP contribution < -0.4 is 5.73 Å². The lowest BCUT2D eigenvalue weighted by molar-refractivity contribution is 1.49. The van der Waals surface area contributed by atoms with E-state index in [2.05, 4.69) is 33.3 Å². The molecular weight excluding hydrogens is 227 g/mol. The van der Waals surface area contributed by atoms with E-state index in [0.29, 0.717) is 5.70 Å². The highest BCUT2D eigenvalue weighted by molar-refractivity contribution is 14.1. The summed E-state index contributed by atoms with van der Waals surface area (Å²) >= 11 is 2.06. The van der Waals surface area contributed by atoms with Crippen molar-refractivity contribution >= 4 is 26.3 Å². The summed E-state index contributed by atoms with van der Waals surface area (Å²) in [6, 6.07) is 0. The predicted molar refractivity (Wildman–Crippen MR) is 46.4 cm³/mol. The number of hydrogen-bond acceptors (Lipinski definition) is 2. The van der Waals surface area contributed by atoms with Gasteiger partial charge in [0, 0.05) is 6.20 Å². The first-order valence-corrected chi connectivity index (χ1v) is 3.49. The number of aliphatic imine (C=N–C) groups is 1. The molecule has 0 amide bonds. The molecule has 0 spiro atoms. The lowest BCUT2D eigenvalue weighted by Gasteiger charge is -1.88. The van der Waals surface area contributed by atoms with Crippen molar-refractivity contribution in [2.75, 3.05) is 0 Å². The highest BCUT2D eigenvalue weighted by Gasteiger charge is 1.94. The molecule has 0 aromatic carbocycles. The molecule has 0 saturated carbocycles. The zero-order chi connectivity index (χ0) is 6.69. The van der Waals surface area contributed by atoms with Crippen molar-refractivity contribution in [1.29, 1.82) is 0 Å². The van der Waals surface area contributed by atoms with E-state index in [1.165, 1.54) is 0 Å². The molecule has 0 bridgehead atoms. The lowest BCUT2D eigenvalue weighted by atomic mass is 10.5. The fourth-order valence-electron chi connectivity index (χ4n) is 0.418. The van der Waals surface area contributed by atoms with Crippen molar-refractivity contribution < 1.29 is 0 Å². The molecule has 1 rings (SSSR count). The molecule has 1 heterocycles. The van der Waals surface area contributed by atoms with E-state index in [4.69, 9.17) is 5.73 Å². The lowest BCUT2D eigenvalue weighted by Crippen LogP contribution is -2.01. The summed E-state index contributed by atoms with van der Waals surface area (Å²) in [6.45, 7) is 0. The van der Waals surface area contributed by atoms with Gasteiger partial charge in [-0.1, -0.05) is 5.73 Å². The summed E-state index contributed by atoms with van der Waals surface area (Å²) in [5.74, 6) is 0. The quantitative estimate of drug-likeness (QED) is 0.496.